The van der Waals surface area contributed by atoms with Crippen molar-refractivity contribution in [2.24, 2.45) is 0 Å². The van der Waals surface area contributed by atoms with Gasteiger partial charge in [-0.15, -0.1) is 10.2 Å². The lowest BCUT2D eigenvalue weighted by Crippen LogP contribution is -2.29. The predicted molar refractivity (Wildman–Crippen MR) is 104 cm³/mol. The molecule has 0 unspecified atom stereocenters. The number of carbonyl (C=O) groups is 1. The smallest absolute Gasteiger partial charge is 0.293 e. The molecule has 1 aliphatic rings. The number of sulfonamides is 1. The van der Waals surface area contributed by atoms with Crippen LogP contribution in [0.2, 0.25) is 5.02 Å². The van der Waals surface area contributed by atoms with Gasteiger partial charge in [0, 0.05) is 17.1 Å². The van der Waals surface area contributed by atoms with Crippen molar-refractivity contribution in [3.8, 4) is 0 Å². The molecule has 0 atom stereocenters. The van der Waals surface area contributed by atoms with Gasteiger partial charge >= 0.3 is 0 Å². The van der Waals surface area contributed by atoms with Crippen LogP contribution in [0.5, 0.6) is 0 Å². The van der Waals surface area contributed by atoms with E-state index in [1.54, 1.807) is 36.4 Å². The quantitative estimate of drug-likeness (QED) is 0.654. The van der Waals surface area contributed by atoms with Crippen LogP contribution < -0.4 is 9.62 Å². The van der Waals surface area contributed by atoms with Gasteiger partial charge in [-0.05, 0) is 42.3 Å². The summed E-state index contributed by atoms with van der Waals surface area (Å²) >= 11 is 6.62. The zero-order chi connectivity index (χ0) is 19.0. The Hall–Kier alpha value is -2.49. The molecule has 0 fully saturated rings. The molecule has 1 aromatic heterocycles. The Bertz CT molecular complexity index is 1110. The number of nitrogens with zero attached hydrogens (tertiary/aromatic N) is 3. The monoisotopic (exact) mass is 420 g/mol. The van der Waals surface area contributed by atoms with E-state index in [-0.39, 0.29) is 9.47 Å². The van der Waals surface area contributed by atoms with Gasteiger partial charge in [-0.1, -0.05) is 41.1 Å². The van der Waals surface area contributed by atoms with Crippen LogP contribution >= 0.6 is 22.9 Å². The average molecular weight is 421 g/mol. The number of para-hydroxylation sites is 1. The van der Waals surface area contributed by atoms with Gasteiger partial charge in [-0.2, -0.15) is 8.42 Å². The average Bonchev–Trinajstić information content (AvgIpc) is 3.29. The predicted octanol–water partition coefficient (Wildman–Crippen LogP) is 3.20. The standard InChI is InChI=1S/C17H13ClN4O3S2/c18-13-7-5-12(6-8-13)15(23)19-16-20-21-17(26-16)27(24,25)22-10-9-11-3-1-2-4-14(11)22/h1-8H,9-10H2,(H,19,20,23). The fourth-order valence-corrected chi connectivity index (χ4v) is 5.41. The highest BCUT2D eigenvalue weighted by molar-refractivity contribution is 7.94. The van der Waals surface area contributed by atoms with Crippen LogP contribution in [0.4, 0.5) is 10.8 Å². The van der Waals surface area contributed by atoms with E-state index in [0.717, 1.165) is 16.9 Å². The van der Waals surface area contributed by atoms with Crippen molar-refractivity contribution in [2.75, 3.05) is 16.2 Å². The number of anilines is 2. The van der Waals surface area contributed by atoms with Crippen molar-refractivity contribution in [3.05, 3.63) is 64.7 Å². The minimum Gasteiger partial charge on any atom is -0.296 e. The number of fused-ring (bicyclic) bond motifs is 1. The molecule has 1 N–H and O–H groups in total. The summed E-state index contributed by atoms with van der Waals surface area (Å²) in [6, 6.07) is 13.7. The molecule has 0 saturated heterocycles. The lowest BCUT2D eigenvalue weighted by molar-refractivity contribution is 0.102. The molecule has 0 spiro atoms. The lowest BCUT2D eigenvalue weighted by atomic mass is 10.2. The maximum absolute atomic E-state index is 12.9. The molecule has 1 amide bonds. The number of nitrogens with one attached hydrogen (secondary N) is 1. The Balaban J connectivity index is 1.55. The first-order valence-electron chi connectivity index (χ1n) is 7.96. The van der Waals surface area contributed by atoms with Crippen LogP contribution in [0.3, 0.4) is 0 Å². The largest absolute Gasteiger partial charge is 0.296 e. The molecule has 0 saturated carbocycles. The summed E-state index contributed by atoms with van der Waals surface area (Å²) in [4.78, 5) is 12.2. The van der Waals surface area contributed by atoms with Crippen molar-refractivity contribution >= 4 is 49.7 Å². The van der Waals surface area contributed by atoms with Gasteiger partial charge in [0.05, 0.1) is 5.69 Å². The number of benzene rings is 2. The highest BCUT2D eigenvalue weighted by Gasteiger charge is 2.33. The fourth-order valence-electron chi connectivity index (χ4n) is 2.79. The maximum atomic E-state index is 12.9. The molecule has 0 aliphatic carbocycles. The molecule has 2 heterocycles. The Morgan fingerprint density at radius 3 is 2.63 bits per heavy atom. The number of amides is 1. The van der Waals surface area contributed by atoms with E-state index < -0.39 is 15.9 Å². The van der Waals surface area contributed by atoms with Crippen LogP contribution in [0.25, 0.3) is 0 Å². The summed E-state index contributed by atoms with van der Waals surface area (Å²) in [6.07, 6.45) is 0.647. The highest BCUT2D eigenvalue weighted by atomic mass is 35.5. The second kappa shape index (κ2) is 6.91. The molecule has 10 heteroatoms. The second-order valence-corrected chi connectivity index (χ2v) is 9.24. The number of carbonyl (C=O) groups excluding carboxylic acids is 1. The number of hydrogen-bond donors (Lipinski definition) is 1. The van der Waals surface area contributed by atoms with Gasteiger partial charge in [0.2, 0.25) is 5.13 Å². The van der Waals surface area contributed by atoms with Crippen LogP contribution in [-0.2, 0) is 16.4 Å². The van der Waals surface area contributed by atoms with E-state index in [1.165, 1.54) is 4.31 Å². The molecule has 7 nitrogen and oxygen atoms in total. The fraction of sp³-hybridized carbons (Fsp3) is 0.118. The first-order valence-corrected chi connectivity index (χ1v) is 10.6. The molecule has 3 aromatic rings. The molecular weight excluding hydrogens is 408 g/mol. The summed E-state index contributed by atoms with van der Waals surface area (Å²) in [5.74, 6) is -0.418. The second-order valence-electron chi connectivity index (χ2n) is 5.79. The third-order valence-corrected chi connectivity index (χ3v) is 7.34. The SMILES string of the molecule is O=C(Nc1nnc(S(=O)(=O)N2CCc3ccccc32)s1)c1ccc(Cl)cc1. The molecule has 0 bridgehead atoms. The summed E-state index contributed by atoms with van der Waals surface area (Å²) in [5, 5.41) is 10.8. The van der Waals surface area contributed by atoms with Crippen LogP contribution in [-0.4, -0.2) is 31.1 Å². The van der Waals surface area contributed by atoms with Gasteiger partial charge in [0.15, 0.2) is 0 Å². The topological polar surface area (TPSA) is 92.3 Å². The third kappa shape index (κ3) is 3.41. The maximum Gasteiger partial charge on any atom is 0.293 e. The Morgan fingerprint density at radius 2 is 1.85 bits per heavy atom. The van der Waals surface area contributed by atoms with Crippen molar-refractivity contribution in [3.63, 3.8) is 0 Å². The zero-order valence-corrected chi connectivity index (χ0v) is 16.2. The molecule has 27 heavy (non-hydrogen) atoms. The van der Waals surface area contributed by atoms with Gasteiger partial charge in [-0.3, -0.25) is 14.4 Å². The van der Waals surface area contributed by atoms with E-state index in [1.807, 2.05) is 12.1 Å². The van der Waals surface area contributed by atoms with Gasteiger partial charge in [0.25, 0.3) is 20.3 Å². The van der Waals surface area contributed by atoms with Crippen molar-refractivity contribution in [2.45, 2.75) is 10.8 Å². The molecule has 138 valence electrons. The summed E-state index contributed by atoms with van der Waals surface area (Å²) in [5.41, 5.74) is 2.01. The van der Waals surface area contributed by atoms with E-state index in [0.29, 0.717) is 29.2 Å². The third-order valence-electron chi connectivity index (χ3n) is 4.09. The van der Waals surface area contributed by atoms with Crippen molar-refractivity contribution in [1.29, 1.82) is 0 Å². The lowest BCUT2D eigenvalue weighted by Gasteiger charge is -2.17. The van der Waals surface area contributed by atoms with Gasteiger partial charge in [-0.25, -0.2) is 0 Å². The number of aromatic nitrogens is 2. The van der Waals surface area contributed by atoms with E-state index >= 15 is 0 Å². The molecule has 4 rings (SSSR count). The van der Waals surface area contributed by atoms with Crippen LogP contribution in [0.1, 0.15) is 15.9 Å². The van der Waals surface area contributed by atoms with E-state index in [2.05, 4.69) is 15.5 Å². The summed E-state index contributed by atoms with van der Waals surface area (Å²) < 4.78 is 27.0. The normalized spacial score (nSPS) is 13.4. The Kier molecular flexibility index (Phi) is 4.58. The van der Waals surface area contributed by atoms with Gasteiger partial charge < -0.3 is 0 Å². The summed E-state index contributed by atoms with van der Waals surface area (Å²) in [7, 11) is -3.83. The Morgan fingerprint density at radius 1 is 1.11 bits per heavy atom. The summed E-state index contributed by atoms with van der Waals surface area (Å²) in [6.45, 7) is 0.355. The first kappa shape index (κ1) is 17.9. The minimum absolute atomic E-state index is 0.112. The number of rotatable bonds is 4. The Labute approximate surface area is 164 Å². The molecule has 0 radical (unpaired) electrons. The molecule has 1 aliphatic heterocycles. The first-order chi connectivity index (χ1) is 12.9. The molecular formula is C17H13ClN4O3S2. The minimum atomic E-state index is -3.83. The van der Waals surface area contributed by atoms with Crippen LogP contribution in [0.15, 0.2) is 52.9 Å². The van der Waals surface area contributed by atoms with Crippen molar-refractivity contribution < 1.29 is 13.2 Å². The van der Waals surface area contributed by atoms with Crippen LogP contribution in [0, 0.1) is 0 Å². The number of halogens is 1. The highest BCUT2D eigenvalue weighted by Crippen LogP contribution is 2.34. The zero-order valence-electron chi connectivity index (χ0n) is 13.8. The van der Waals surface area contributed by atoms with E-state index in [4.69, 9.17) is 11.6 Å². The number of hydrogen-bond acceptors (Lipinski definition) is 6. The van der Waals surface area contributed by atoms with Gasteiger partial charge in [0.1, 0.15) is 0 Å². The van der Waals surface area contributed by atoms with E-state index in [9.17, 15) is 13.2 Å². The van der Waals surface area contributed by atoms with Crippen molar-refractivity contribution in [1.82, 2.24) is 10.2 Å². The molecule has 2 aromatic carbocycles.